The van der Waals surface area contributed by atoms with Crippen LogP contribution in [0.4, 0.5) is 4.79 Å². The quantitative estimate of drug-likeness (QED) is 0.392. The van der Waals surface area contributed by atoms with E-state index in [0.717, 1.165) is 30.7 Å². The fourth-order valence-corrected chi connectivity index (χ4v) is 3.25. The minimum atomic E-state index is -0.200. The molecular weight excluding hydrogens is 290 g/mol. The topological polar surface area (TPSA) is 75.0 Å². The zero-order valence-corrected chi connectivity index (χ0v) is 13.0. The molecule has 1 aliphatic heterocycles. The van der Waals surface area contributed by atoms with Crippen molar-refractivity contribution in [2.24, 2.45) is 5.16 Å². The summed E-state index contributed by atoms with van der Waals surface area (Å²) >= 11 is 1.57. The van der Waals surface area contributed by atoms with Crippen molar-refractivity contribution in [3.63, 3.8) is 0 Å². The van der Waals surface area contributed by atoms with Gasteiger partial charge in [-0.15, -0.1) is 11.3 Å². The fourth-order valence-electron chi connectivity index (χ4n) is 2.31. The predicted octanol–water partition coefficient (Wildman–Crippen LogP) is 3.07. The lowest BCUT2D eigenvalue weighted by Crippen LogP contribution is -2.38. The van der Waals surface area contributed by atoms with Gasteiger partial charge in [0.1, 0.15) is 0 Å². The van der Waals surface area contributed by atoms with Gasteiger partial charge in [-0.3, -0.25) is 0 Å². The summed E-state index contributed by atoms with van der Waals surface area (Å²) in [5.41, 5.74) is 0.680. The average molecular weight is 311 g/mol. The van der Waals surface area contributed by atoms with Crippen LogP contribution in [0.15, 0.2) is 10.5 Å². The summed E-state index contributed by atoms with van der Waals surface area (Å²) in [6, 6.07) is 0. The number of carbonyl (C=O) groups excluding carboxylic acids is 1. The largest absolute Gasteiger partial charge is 0.449 e. The second kappa shape index (κ2) is 7.97. The number of thiazole rings is 1. The molecule has 0 saturated carbocycles. The highest BCUT2D eigenvalue weighted by Crippen LogP contribution is 2.30. The molecule has 1 N–H and O–H groups in total. The van der Waals surface area contributed by atoms with Crippen molar-refractivity contribution in [2.75, 3.05) is 19.7 Å². The molecule has 2 rings (SSSR count). The van der Waals surface area contributed by atoms with Crippen molar-refractivity contribution >= 4 is 23.6 Å². The average Bonchev–Trinajstić information content (AvgIpc) is 2.97. The van der Waals surface area contributed by atoms with E-state index in [4.69, 9.17) is 9.94 Å². The van der Waals surface area contributed by atoms with E-state index in [1.165, 1.54) is 6.21 Å². The van der Waals surface area contributed by atoms with Crippen LogP contribution >= 0.6 is 11.3 Å². The Bertz CT molecular complexity index is 482. The van der Waals surface area contributed by atoms with E-state index in [0.29, 0.717) is 31.3 Å². The van der Waals surface area contributed by atoms with E-state index < -0.39 is 0 Å². The second-order valence-corrected chi connectivity index (χ2v) is 5.97. The lowest BCUT2D eigenvalue weighted by Gasteiger charge is -2.30. The van der Waals surface area contributed by atoms with E-state index in [1.54, 1.807) is 16.2 Å². The molecular formula is C14H21N3O3S. The maximum absolute atomic E-state index is 11.9. The zero-order valence-electron chi connectivity index (χ0n) is 12.2. The minimum absolute atomic E-state index is 0.200. The number of unbranched alkanes of at least 4 members (excludes halogenated alkanes) is 1. The minimum Gasteiger partial charge on any atom is -0.449 e. The number of likely N-dealkylation sites (tertiary alicyclic amines) is 1. The molecule has 1 aromatic heterocycles. The van der Waals surface area contributed by atoms with Gasteiger partial charge in [0.2, 0.25) is 0 Å². The van der Waals surface area contributed by atoms with E-state index in [-0.39, 0.29) is 6.09 Å². The van der Waals surface area contributed by atoms with Crippen LogP contribution in [0, 0.1) is 0 Å². The highest BCUT2D eigenvalue weighted by Gasteiger charge is 2.26. The molecule has 2 heterocycles. The Morgan fingerprint density at radius 3 is 3.05 bits per heavy atom. The van der Waals surface area contributed by atoms with Crippen LogP contribution in [0.25, 0.3) is 0 Å². The van der Waals surface area contributed by atoms with Gasteiger partial charge in [0.15, 0.2) is 0 Å². The highest BCUT2D eigenvalue weighted by atomic mass is 32.1. The van der Waals surface area contributed by atoms with Crippen molar-refractivity contribution in [1.82, 2.24) is 9.88 Å². The first-order chi connectivity index (χ1) is 10.2. The van der Waals surface area contributed by atoms with Crippen LogP contribution < -0.4 is 0 Å². The van der Waals surface area contributed by atoms with Gasteiger partial charge in [0.05, 0.1) is 23.5 Å². The summed E-state index contributed by atoms with van der Waals surface area (Å²) in [4.78, 5) is 18.1. The molecule has 6 nitrogen and oxygen atoms in total. The zero-order chi connectivity index (χ0) is 15.1. The Morgan fingerprint density at radius 2 is 2.38 bits per heavy atom. The first-order valence-electron chi connectivity index (χ1n) is 7.29. The number of rotatable bonds is 5. The molecule has 1 saturated heterocycles. The molecule has 7 heteroatoms. The normalized spacial score (nSPS) is 16.5. The third-order valence-electron chi connectivity index (χ3n) is 3.56. The van der Waals surface area contributed by atoms with Crippen LogP contribution in [0.5, 0.6) is 0 Å². The number of carbonyl (C=O) groups is 1. The number of nitrogens with zero attached hydrogens (tertiary/aromatic N) is 3. The molecule has 0 aromatic carbocycles. The Hall–Kier alpha value is -1.63. The summed E-state index contributed by atoms with van der Waals surface area (Å²) in [5.74, 6) is 0.371. The van der Waals surface area contributed by atoms with Gasteiger partial charge < -0.3 is 14.8 Å². The molecule has 1 aliphatic rings. The molecule has 21 heavy (non-hydrogen) atoms. The van der Waals surface area contributed by atoms with Gasteiger partial charge in [0.25, 0.3) is 0 Å². The smallest absolute Gasteiger partial charge is 0.409 e. The fraction of sp³-hybridized carbons (Fsp3) is 0.643. The molecule has 0 unspecified atom stereocenters. The molecule has 1 aromatic rings. The number of piperidine rings is 1. The van der Waals surface area contributed by atoms with Crippen molar-refractivity contribution in [2.45, 2.75) is 38.5 Å². The van der Waals surface area contributed by atoms with Crippen LogP contribution in [0.1, 0.15) is 49.2 Å². The Labute approximate surface area is 128 Å². The van der Waals surface area contributed by atoms with Crippen molar-refractivity contribution < 1.29 is 14.7 Å². The number of ether oxygens (including phenoxy) is 1. The number of aromatic nitrogens is 1. The molecule has 1 fully saturated rings. The van der Waals surface area contributed by atoms with Crippen LogP contribution in [0.3, 0.4) is 0 Å². The van der Waals surface area contributed by atoms with E-state index in [9.17, 15) is 4.79 Å². The summed E-state index contributed by atoms with van der Waals surface area (Å²) in [7, 11) is 0. The third-order valence-corrected chi connectivity index (χ3v) is 4.58. The maximum Gasteiger partial charge on any atom is 0.409 e. The van der Waals surface area contributed by atoms with E-state index in [1.807, 2.05) is 5.38 Å². The lowest BCUT2D eigenvalue weighted by atomic mass is 9.98. The number of oxime groups is 1. The van der Waals surface area contributed by atoms with E-state index in [2.05, 4.69) is 17.1 Å². The van der Waals surface area contributed by atoms with Gasteiger partial charge in [-0.25, -0.2) is 9.78 Å². The van der Waals surface area contributed by atoms with E-state index >= 15 is 0 Å². The molecule has 0 atom stereocenters. The van der Waals surface area contributed by atoms with Crippen LogP contribution in [0.2, 0.25) is 0 Å². The van der Waals surface area contributed by atoms with Crippen molar-refractivity contribution in [1.29, 1.82) is 0 Å². The Kier molecular flexibility index (Phi) is 5.98. The van der Waals surface area contributed by atoms with Crippen molar-refractivity contribution in [3.8, 4) is 0 Å². The Balaban J connectivity index is 1.80. The first kappa shape index (κ1) is 15.8. The third kappa shape index (κ3) is 4.42. The molecule has 0 aliphatic carbocycles. The van der Waals surface area contributed by atoms with Gasteiger partial charge in [-0.1, -0.05) is 18.5 Å². The lowest BCUT2D eigenvalue weighted by molar-refractivity contribution is 0.0916. The molecule has 0 spiro atoms. The molecule has 0 bridgehead atoms. The first-order valence-corrected chi connectivity index (χ1v) is 8.17. The molecule has 116 valence electrons. The summed E-state index contributed by atoms with van der Waals surface area (Å²) < 4.78 is 5.23. The predicted molar refractivity (Wildman–Crippen MR) is 81.3 cm³/mol. The second-order valence-electron chi connectivity index (χ2n) is 5.08. The molecule has 1 amide bonds. The number of hydrogen-bond acceptors (Lipinski definition) is 6. The van der Waals surface area contributed by atoms with Crippen LogP contribution in [-0.2, 0) is 4.74 Å². The van der Waals surface area contributed by atoms with Crippen molar-refractivity contribution in [3.05, 3.63) is 16.1 Å². The summed E-state index contributed by atoms with van der Waals surface area (Å²) in [6.45, 7) is 3.99. The van der Waals surface area contributed by atoms with Gasteiger partial charge in [-0.2, -0.15) is 0 Å². The summed E-state index contributed by atoms with van der Waals surface area (Å²) in [6.07, 6.45) is 4.86. The summed E-state index contributed by atoms with van der Waals surface area (Å²) in [5, 5.41) is 14.4. The Morgan fingerprint density at radius 1 is 1.62 bits per heavy atom. The highest BCUT2D eigenvalue weighted by molar-refractivity contribution is 7.09. The maximum atomic E-state index is 11.9. The van der Waals surface area contributed by atoms with Gasteiger partial charge in [-0.05, 0) is 19.3 Å². The number of amides is 1. The SMILES string of the molecule is CCCCOC(=O)N1CCC(c2nc(C=NO)cs2)CC1. The molecule has 0 radical (unpaired) electrons. The standard InChI is InChI=1S/C14H21N3O3S/c1-2-3-8-20-14(18)17-6-4-11(5-7-17)13-16-12(9-15-19)10-21-13/h9-11,19H,2-8H2,1H3. The van der Waals surface area contributed by atoms with Crippen LogP contribution in [-0.4, -0.2) is 47.1 Å². The monoisotopic (exact) mass is 311 g/mol. The van der Waals surface area contributed by atoms with Gasteiger partial charge >= 0.3 is 6.09 Å². The van der Waals surface area contributed by atoms with Gasteiger partial charge in [0, 0.05) is 24.4 Å². The number of hydrogen-bond donors (Lipinski definition) is 1.